The SMILES string of the molecule is C#CO[C@H](CO)[C@@H](O)[C@@H](O)c1ccc2c(N)ncnn12. The van der Waals surface area contributed by atoms with E-state index >= 15 is 0 Å². The number of nitrogens with two attached hydrogens (primary N) is 1. The van der Waals surface area contributed by atoms with E-state index in [9.17, 15) is 10.2 Å². The number of rotatable bonds is 5. The van der Waals surface area contributed by atoms with E-state index in [1.54, 1.807) is 12.1 Å². The van der Waals surface area contributed by atoms with Crippen molar-refractivity contribution in [3.63, 3.8) is 0 Å². The van der Waals surface area contributed by atoms with Gasteiger partial charge in [0.2, 0.25) is 0 Å². The Hall–Kier alpha value is -2.34. The zero-order chi connectivity index (χ0) is 14.7. The second-order valence-electron chi connectivity index (χ2n) is 4.09. The molecule has 2 rings (SSSR count). The van der Waals surface area contributed by atoms with Crippen LogP contribution < -0.4 is 5.73 Å². The van der Waals surface area contributed by atoms with Crippen LogP contribution in [0, 0.1) is 12.5 Å². The topological polar surface area (TPSA) is 126 Å². The first-order valence-corrected chi connectivity index (χ1v) is 5.76. The van der Waals surface area contributed by atoms with Crippen molar-refractivity contribution >= 4 is 11.3 Å². The Kier molecular flexibility index (Phi) is 4.05. The molecule has 0 bridgehead atoms. The van der Waals surface area contributed by atoms with Crippen LogP contribution in [-0.2, 0) is 4.74 Å². The second kappa shape index (κ2) is 5.75. The molecule has 2 heterocycles. The van der Waals surface area contributed by atoms with Crippen LogP contribution >= 0.6 is 0 Å². The lowest BCUT2D eigenvalue weighted by Gasteiger charge is -2.23. The minimum atomic E-state index is -1.43. The largest absolute Gasteiger partial charge is 0.438 e. The highest BCUT2D eigenvalue weighted by molar-refractivity contribution is 5.65. The molecule has 0 spiro atoms. The molecule has 5 N–H and O–H groups in total. The number of fused-ring (bicyclic) bond motifs is 1. The molecule has 2 aromatic rings. The van der Waals surface area contributed by atoms with Crippen molar-refractivity contribution in [2.24, 2.45) is 0 Å². The van der Waals surface area contributed by atoms with Crippen molar-refractivity contribution in [1.29, 1.82) is 0 Å². The van der Waals surface area contributed by atoms with E-state index in [-0.39, 0.29) is 11.5 Å². The third-order valence-electron chi connectivity index (χ3n) is 2.92. The summed E-state index contributed by atoms with van der Waals surface area (Å²) in [6.45, 7) is -0.539. The Morgan fingerprint density at radius 3 is 2.85 bits per heavy atom. The molecule has 0 aliphatic heterocycles. The van der Waals surface area contributed by atoms with Gasteiger partial charge in [-0.1, -0.05) is 6.42 Å². The molecule has 2 aromatic heterocycles. The Bertz CT molecular complexity index is 636. The zero-order valence-electron chi connectivity index (χ0n) is 10.4. The molecule has 0 aliphatic carbocycles. The van der Waals surface area contributed by atoms with Crippen LogP contribution in [0.3, 0.4) is 0 Å². The van der Waals surface area contributed by atoms with Gasteiger partial charge in [0.05, 0.1) is 12.3 Å². The number of hydrogen-bond donors (Lipinski definition) is 4. The standard InChI is InChI=1S/C12H14N4O4/c1-2-20-9(5-17)11(19)10(18)7-3-4-8-12(13)14-6-15-16(7)8/h1,3-4,6,9-11,17-19H,5H2,(H2,13,14,15)/t9-,10+,11-/m1/s1. The Balaban J connectivity index is 2.34. The highest BCUT2D eigenvalue weighted by atomic mass is 16.5. The number of aliphatic hydroxyl groups excluding tert-OH is 3. The van der Waals surface area contributed by atoms with Gasteiger partial charge in [-0.3, -0.25) is 0 Å². The fourth-order valence-corrected chi connectivity index (χ4v) is 1.88. The number of ether oxygens (including phenoxy) is 1. The second-order valence-corrected chi connectivity index (χ2v) is 4.09. The molecule has 0 unspecified atom stereocenters. The van der Waals surface area contributed by atoms with E-state index in [1.165, 1.54) is 10.8 Å². The molecule has 0 saturated carbocycles. The fourth-order valence-electron chi connectivity index (χ4n) is 1.88. The van der Waals surface area contributed by atoms with Gasteiger partial charge in [0.15, 0.2) is 11.9 Å². The van der Waals surface area contributed by atoms with Crippen LogP contribution in [0.15, 0.2) is 18.5 Å². The highest BCUT2D eigenvalue weighted by Crippen LogP contribution is 2.23. The first-order chi connectivity index (χ1) is 9.60. The van der Waals surface area contributed by atoms with Gasteiger partial charge in [-0.05, 0) is 12.1 Å². The molecule has 20 heavy (non-hydrogen) atoms. The van der Waals surface area contributed by atoms with Gasteiger partial charge < -0.3 is 25.8 Å². The third kappa shape index (κ3) is 2.37. The smallest absolute Gasteiger partial charge is 0.162 e. The fraction of sp³-hybridized carbons (Fsp3) is 0.333. The van der Waals surface area contributed by atoms with Crippen LogP contribution in [-0.4, -0.2) is 48.7 Å². The van der Waals surface area contributed by atoms with Crippen molar-refractivity contribution in [3.05, 3.63) is 24.2 Å². The minimum Gasteiger partial charge on any atom is -0.438 e. The lowest BCUT2D eigenvalue weighted by atomic mass is 10.1. The summed E-state index contributed by atoms with van der Waals surface area (Å²) in [5.41, 5.74) is 6.44. The number of terminal acetylenes is 1. The van der Waals surface area contributed by atoms with Crippen LogP contribution in [0.2, 0.25) is 0 Å². The maximum absolute atomic E-state index is 10.2. The van der Waals surface area contributed by atoms with Crippen LogP contribution in [0.4, 0.5) is 5.82 Å². The van der Waals surface area contributed by atoms with E-state index in [4.69, 9.17) is 22.0 Å². The van der Waals surface area contributed by atoms with Gasteiger partial charge in [0, 0.05) is 0 Å². The summed E-state index contributed by atoms with van der Waals surface area (Å²) in [6, 6.07) is 3.15. The molecule has 8 heteroatoms. The minimum absolute atomic E-state index is 0.242. The van der Waals surface area contributed by atoms with Crippen molar-refractivity contribution in [1.82, 2.24) is 14.6 Å². The molecular formula is C12H14N4O4. The number of hydrogen-bond acceptors (Lipinski definition) is 7. The summed E-state index contributed by atoms with van der Waals surface area (Å²) in [5, 5.41) is 33.2. The molecule has 0 radical (unpaired) electrons. The summed E-state index contributed by atoms with van der Waals surface area (Å²) >= 11 is 0. The lowest BCUT2D eigenvalue weighted by Crippen LogP contribution is -2.36. The number of anilines is 1. The van der Waals surface area contributed by atoms with Crippen molar-refractivity contribution in [2.75, 3.05) is 12.3 Å². The molecule has 106 valence electrons. The molecule has 0 fully saturated rings. The number of aromatic nitrogens is 3. The molecule has 0 amide bonds. The first-order valence-electron chi connectivity index (χ1n) is 5.76. The molecular weight excluding hydrogens is 264 g/mol. The summed E-state index contributed by atoms with van der Waals surface area (Å²) in [7, 11) is 0. The van der Waals surface area contributed by atoms with E-state index < -0.39 is 24.9 Å². The van der Waals surface area contributed by atoms with E-state index in [0.717, 1.165) is 0 Å². The predicted molar refractivity (Wildman–Crippen MR) is 69.2 cm³/mol. The van der Waals surface area contributed by atoms with Crippen LogP contribution in [0.5, 0.6) is 0 Å². The van der Waals surface area contributed by atoms with Gasteiger partial charge in [0.1, 0.15) is 30.2 Å². The monoisotopic (exact) mass is 278 g/mol. The quantitative estimate of drug-likeness (QED) is 0.499. The van der Waals surface area contributed by atoms with Gasteiger partial charge in [-0.25, -0.2) is 9.50 Å². The molecule has 3 atom stereocenters. The molecule has 0 aromatic carbocycles. The first kappa shape index (κ1) is 14.1. The molecule has 0 saturated heterocycles. The highest BCUT2D eigenvalue weighted by Gasteiger charge is 2.30. The maximum Gasteiger partial charge on any atom is 0.162 e. The van der Waals surface area contributed by atoms with Crippen molar-refractivity contribution in [2.45, 2.75) is 18.3 Å². The van der Waals surface area contributed by atoms with Crippen LogP contribution in [0.1, 0.15) is 11.8 Å². The van der Waals surface area contributed by atoms with Crippen LogP contribution in [0.25, 0.3) is 5.52 Å². The Morgan fingerprint density at radius 1 is 1.45 bits per heavy atom. The third-order valence-corrected chi connectivity index (χ3v) is 2.92. The Labute approximate surface area is 114 Å². The molecule has 0 aliphatic rings. The van der Waals surface area contributed by atoms with Gasteiger partial charge >= 0.3 is 0 Å². The van der Waals surface area contributed by atoms with Gasteiger partial charge in [-0.2, -0.15) is 5.10 Å². The average Bonchev–Trinajstić information content (AvgIpc) is 2.88. The van der Waals surface area contributed by atoms with Crippen molar-refractivity contribution in [3.8, 4) is 12.5 Å². The van der Waals surface area contributed by atoms with Gasteiger partial charge in [0.25, 0.3) is 0 Å². The van der Waals surface area contributed by atoms with Crippen molar-refractivity contribution < 1.29 is 20.1 Å². The number of aliphatic hydroxyl groups is 3. The Morgan fingerprint density at radius 2 is 2.20 bits per heavy atom. The average molecular weight is 278 g/mol. The van der Waals surface area contributed by atoms with Gasteiger partial charge in [-0.15, -0.1) is 0 Å². The zero-order valence-corrected chi connectivity index (χ0v) is 10.4. The summed E-state index contributed by atoms with van der Waals surface area (Å²) in [6.07, 6.45) is 4.14. The molecule has 8 nitrogen and oxygen atoms in total. The van der Waals surface area contributed by atoms with E-state index in [0.29, 0.717) is 5.52 Å². The predicted octanol–water partition coefficient (Wildman–Crippen LogP) is -1.33. The number of nitrogens with zero attached hydrogens (tertiary/aromatic N) is 3. The lowest BCUT2D eigenvalue weighted by molar-refractivity contribution is -0.0787. The maximum atomic E-state index is 10.2. The van der Waals surface area contributed by atoms with E-state index in [1.807, 2.05) is 6.11 Å². The van der Waals surface area contributed by atoms with E-state index in [2.05, 4.69) is 10.1 Å². The number of nitrogen functional groups attached to an aromatic ring is 1. The summed E-state index contributed by atoms with van der Waals surface area (Å²) in [5.74, 6) is 0.242. The summed E-state index contributed by atoms with van der Waals surface area (Å²) in [4.78, 5) is 3.82. The normalized spacial score (nSPS) is 15.5. The summed E-state index contributed by atoms with van der Waals surface area (Å²) < 4.78 is 6.06.